The lowest BCUT2D eigenvalue weighted by molar-refractivity contribution is -0.140. The van der Waals surface area contributed by atoms with Crippen molar-refractivity contribution in [2.45, 2.75) is 31.1 Å². The minimum atomic E-state index is -4.77. The van der Waals surface area contributed by atoms with Gasteiger partial charge in [0.15, 0.2) is 5.65 Å². The van der Waals surface area contributed by atoms with E-state index in [-0.39, 0.29) is 22.1 Å². The highest BCUT2D eigenvalue weighted by Crippen LogP contribution is 2.27. The van der Waals surface area contributed by atoms with Gasteiger partial charge in [-0.1, -0.05) is 0 Å². The third kappa shape index (κ3) is 4.18. The molecule has 14 heteroatoms. The molecule has 0 spiro atoms. The number of aryl methyl sites for hydroxylation is 1. The number of primary sulfonamides is 1. The number of rotatable bonds is 4. The summed E-state index contributed by atoms with van der Waals surface area (Å²) in [5.74, 6) is -2.68. The number of pyridine rings is 2. The van der Waals surface area contributed by atoms with Crippen LogP contribution in [-0.2, 0) is 23.1 Å². The van der Waals surface area contributed by atoms with Crippen LogP contribution >= 0.6 is 0 Å². The average molecular weight is 487 g/mol. The van der Waals surface area contributed by atoms with Gasteiger partial charge in [0.1, 0.15) is 18.2 Å². The fourth-order valence-corrected chi connectivity index (χ4v) is 4.04. The lowest BCUT2D eigenvalue weighted by atomic mass is 10.2. The molecule has 0 aliphatic rings. The number of imidazole rings is 1. The van der Waals surface area contributed by atoms with Crippen LogP contribution in [0, 0.1) is 18.6 Å². The molecular weight excluding hydrogens is 473 g/mol. The number of hydrogen-bond donors (Lipinski definition) is 1. The van der Waals surface area contributed by atoms with Crippen molar-refractivity contribution < 1.29 is 30.4 Å². The maximum Gasteiger partial charge on any atom is 0.406 e. The molecule has 0 atom stereocenters. The molecule has 4 rings (SSSR count). The first-order valence-electron chi connectivity index (χ1n) is 9.19. The third-order valence-electron chi connectivity index (χ3n) is 4.94. The molecule has 0 saturated heterocycles. The fourth-order valence-electron chi connectivity index (χ4n) is 3.51. The molecule has 1 aromatic carbocycles. The van der Waals surface area contributed by atoms with Crippen molar-refractivity contribution in [3.63, 3.8) is 0 Å². The minimum Gasteiger partial charge on any atom is -0.286 e. The molecule has 0 fully saturated rings. The number of halogens is 5. The Bertz CT molecular complexity index is 1570. The lowest BCUT2D eigenvalue weighted by Crippen LogP contribution is -2.30. The summed E-state index contributed by atoms with van der Waals surface area (Å²) in [6, 6.07) is 3.97. The van der Waals surface area contributed by atoms with Crippen molar-refractivity contribution in [2.24, 2.45) is 5.14 Å². The van der Waals surface area contributed by atoms with Crippen LogP contribution in [0.3, 0.4) is 0 Å². The first-order valence-corrected chi connectivity index (χ1v) is 10.7. The number of aromatic nitrogens is 4. The summed E-state index contributed by atoms with van der Waals surface area (Å²) in [4.78, 5) is 20.3. The molecule has 0 aliphatic carbocycles. The predicted octanol–water partition coefficient (Wildman–Crippen LogP) is 2.59. The topological polar surface area (TPSA) is 113 Å². The van der Waals surface area contributed by atoms with Crippen LogP contribution in [0.1, 0.15) is 11.3 Å². The fraction of sp³-hybridized carbons (Fsp3) is 0.211. The molecule has 3 aromatic heterocycles. The zero-order valence-electron chi connectivity index (χ0n) is 16.7. The number of fused-ring (bicyclic) bond motifs is 3. The van der Waals surface area contributed by atoms with E-state index >= 15 is 0 Å². The maximum absolute atomic E-state index is 14.6. The highest BCUT2D eigenvalue weighted by Gasteiger charge is 2.31. The van der Waals surface area contributed by atoms with E-state index in [2.05, 4.69) is 9.97 Å². The highest BCUT2D eigenvalue weighted by molar-refractivity contribution is 7.89. The summed E-state index contributed by atoms with van der Waals surface area (Å²) >= 11 is 0. The SMILES string of the molecule is Cc1ccc2c(ncc3c2n(Cc2c(F)cc(S(N)(=O)=O)cc2F)c(=O)n3CC(F)(F)F)n1. The number of nitrogens with zero attached hydrogens (tertiary/aromatic N) is 4. The summed E-state index contributed by atoms with van der Waals surface area (Å²) < 4.78 is 92.7. The molecule has 0 amide bonds. The van der Waals surface area contributed by atoms with Crippen LogP contribution in [0.15, 0.2) is 40.2 Å². The lowest BCUT2D eigenvalue weighted by Gasteiger charge is -2.09. The number of hydrogen-bond acceptors (Lipinski definition) is 5. The largest absolute Gasteiger partial charge is 0.406 e. The Hall–Kier alpha value is -3.39. The van der Waals surface area contributed by atoms with Crippen molar-refractivity contribution in [1.82, 2.24) is 19.1 Å². The van der Waals surface area contributed by atoms with Gasteiger partial charge in [-0.2, -0.15) is 13.2 Å². The van der Waals surface area contributed by atoms with Gasteiger partial charge >= 0.3 is 11.9 Å². The molecule has 174 valence electrons. The van der Waals surface area contributed by atoms with Gasteiger partial charge in [0, 0.05) is 16.6 Å². The first kappa shape index (κ1) is 22.8. The smallest absolute Gasteiger partial charge is 0.286 e. The Morgan fingerprint density at radius 2 is 1.73 bits per heavy atom. The van der Waals surface area contributed by atoms with Crippen molar-refractivity contribution in [3.8, 4) is 0 Å². The van der Waals surface area contributed by atoms with Crippen molar-refractivity contribution in [2.75, 3.05) is 0 Å². The van der Waals surface area contributed by atoms with Gasteiger partial charge in [0.25, 0.3) is 0 Å². The zero-order valence-corrected chi connectivity index (χ0v) is 17.5. The minimum absolute atomic E-state index is 0.0592. The molecule has 0 aliphatic heterocycles. The molecule has 0 bridgehead atoms. The van der Waals surface area contributed by atoms with E-state index in [0.717, 1.165) is 10.8 Å². The Morgan fingerprint density at radius 1 is 1.09 bits per heavy atom. The zero-order chi connectivity index (χ0) is 24.3. The number of nitrogens with two attached hydrogens (primary N) is 1. The van der Waals surface area contributed by atoms with Crippen molar-refractivity contribution in [3.05, 3.63) is 63.8 Å². The molecule has 0 unspecified atom stereocenters. The first-order chi connectivity index (χ1) is 15.3. The van der Waals surface area contributed by atoms with Crippen LogP contribution < -0.4 is 10.8 Å². The summed E-state index contributed by atoms with van der Waals surface area (Å²) in [6.45, 7) is -0.822. The van der Waals surface area contributed by atoms with Crippen LogP contribution in [-0.4, -0.2) is 33.7 Å². The Balaban J connectivity index is 2.01. The average Bonchev–Trinajstić information content (AvgIpc) is 2.93. The number of alkyl halides is 3. The maximum atomic E-state index is 14.6. The Morgan fingerprint density at radius 3 is 2.30 bits per heavy atom. The van der Waals surface area contributed by atoms with Crippen LogP contribution in [0.2, 0.25) is 0 Å². The van der Waals surface area contributed by atoms with Crippen LogP contribution in [0.4, 0.5) is 22.0 Å². The highest BCUT2D eigenvalue weighted by atomic mass is 32.2. The standard InChI is InChI=1S/C19H14F5N5O3S/c1-9-2-3-11-16-15(6-26-17(11)27-9)29(8-19(22,23)24)18(30)28(16)7-12-13(20)4-10(5-14(12)21)33(25,31)32/h2-6H,7-8H2,1H3,(H2,25,31,32). The van der Waals surface area contributed by atoms with Crippen molar-refractivity contribution in [1.29, 1.82) is 0 Å². The van der Waals surface area contributed by atoms with E-state index < -0.39 is 57.1 Å². The van der Waals surface area contributed by atoms with E-state index in [9.17, 15) is 35.2 Å². The normalized spacial score (nSPS) is 12.7. The van der Waals surface area contributed by atoms with Gasteiger partial charge < -0.3 is 0 Å². The second kappa shape index (κ2) is 7.59. The molecule has 4 aromatic rings. The molecule has 0 saturated carbocycles. The van der Waals surface area contributed by atoms with Gasteiger partial charge in [0.05, 0.1) is 28.7 Å². The monoisotopic (exact) mass is 487 g/mol. The van der Waals surface area contributed by atoms with Gasteiger partial charge in [-0.25, -0.2) is 37.1 Å². The number of benzene rings is 1. The Labute approximate surface area is 182 Å². The molecule has 2 N–H and O–H groups in total. The summed E-state index contributed by atoms with van der Waals surface area (Å²) in [5.41, 5.74) is -1.53. The molecule has 3 heterocycles. The predicted molar refractivity (Wildman–Crippen MR) is 107 cm³/mol. The van der Waals surface area contributed by atoms with Gasteiger partial charge in [-0.15, -0.1) is 0 Å². The second-order valence-electron chi connectivity index (χ2n) is 7.30. The Kier molecular flexibility index (Phi) is 5.24. The quantitative estimate of drug-likeness (QED) is 0.445. The summed E-state index contributed by atoms with van der Waals surface area (Å²) in [7, 11) is -4.42. The van der Waals surface area contributed by atoms with E-state index in [4.69, 9.17) is 5.14 Å². The molecule has 0 radical (unpaired) electrons. The summed E-state index contributed by atoms with van der Waals surface area (Å²) in [6.07, 6.45) is -3.73. The van der Waals surface area contributed by atoms with Gasteiger partial charge in [-0.05, 0) is 31.2 Å². The molecule has 33 heavy (non-hydrogen) atoms. The molecule has 8 nitrogen and oxygen atoms in total. The van der Waals surface area contributed by atoms with Gasteiger partial charge in [-0.3, -0.25) is 9.13 Å². The van der Waals surface area contributed by atoms with E-state index in [0.29, 0.717) is 22.4 Å². The van der Waals surface area contributed by atoms with Crippen LogP contribution in [0.25, 0.3) is 22.1 Å². The van der Waals surface area contributed by atoms with E-state index in [1.807, 2.05) is 0 Å². The second-order valence-corrected chi connectivity index (χ2v) is 8.86. The number of sulfonamides is 1. The summed E-state index contributed by atoms with van der Waals surface area (Å²) in [5, 5.41) is 5.08. The van der Waals surface area contributed by atoms with Gasteiger partial charge in [0.2, 0.25) is 10.0 Å². The third-order valence-corrected chi connectivity index (χ3v) is 5.83. The van der Waals surface area contributed by atoms with E-state index in [1.54, 1.807) is 13.0 Å². The van der Waals surface area contributed by atoms with E-state index in [1.165, 1.54) is 6.07 Å². The molecular formula is C19H14F5N5O3S. The van der Waals surface area contributed by atoms with Crippen molar-refractivity contribution >= 4 is 32.1 Å². The van der Waals surface area contributed by atoms with Crippen LogP contribution in [0.5, 0.6) is 0 Å².